The van der Waals surface area contributed by atoms with Gasteiger partial charge in [0.2, 0.25) is 11.1 Å². The van der Waals surface area contributed by atoms with E-state index in [1.165, 1.54) is 6.07 Å². The molecule has 0 unspecified atom stereocenters. The molecule has 3 heterocycles. The van der Waals surface area contributed by atoms with Crippen LogP contribution in [-0.4, -0.2) is 60.4 Å². The SMILES string of the molecule is CC(C)c1ccc2oc3nc(NCCN4CCOCC4)c(C(=O)O)cc3c(=O)c2c1. The summed E-state index contributed by atoms with van der Waals surface area (Å²) in [5, 5.41) is 13.3. The van der Waals surface area contributed by atoms with Crippen LogP contribution in [0.5, 0.6) is 0 Å². The second-order valence-corrected chi connectivity index (χ2v) is 7.76. The van der Waals surface area contributed by atoms with Gasteiger partial charge in [-0.05, 0) is 29.7 Å². The van der Waals surface area contributed by atoms with Crippen molar-refractivity contribution in [1.82, 2.24) is 9.88 Å². The maximum Gasteiger partial charge on any atom is 0.339 e. The molecule has 158 valence electrons. The highest BCUT2D eigenvalue weighted by Crippen LogP contribution is 2.25. The number of hydrogen-bond acceptors (Lipinski definition) is 7. The van der Waals surface area contributed by atoms with E-state index < -0.39 is 5.97 Å². The Kier molecular flexibility index (Phi) is 5.69. The van der Waals surface area contributed by atoms with Crippen molar-refractivity contribution in [2.75, 3.05) is 44.7 Å². The Hall–Kier alpha value is -2.97. The topological polar surface area (TPSA) is 105 Å². The Balaban J connectivity index is 1.71. The van der Waals surface area contributed by atoms with Crippen LogP contribution < -0.4 is 10.7 Å². The minimum absolute atomic E-state index is 0.0452. The van der Waals surface area contributed by atoms with Gasteiger partial charge in [-0.1, -0.05) is 19.9 Å². The lowest BCUT2D eigenvalue weighted by atomic mass is 10.0. The van der Waals surface area contributed by atoms with Gasteiger partial charge in [0.05, 0.1) is 24.0 Å². The predicted molar refractivity (Wildman–Crippen MR) is 115 cm³/mol. The zero-order chi connectivity index (χ0) is 21.3. The maximum atomic E-state index is 13.0. The van der Waals surface area contributed by atoms with Crippen molar-refractivity contribution >= 4 is 33.9 Å². The number of aromatic nitrogens is 1. The molecule has 3 aromatic rings. The molecule has 0 aliphatic carbocycles. The van der Waals surface area contributed by atoms with Crippen molar-refractivity contribution in [3.8, 4) is 0 Å². The van der Waals surface area contributed by atoms with E-state index in [2.05, 4.69) is 15.2 Å². The number of fused-ring (bicyclic) bond motifs is 2. The third kappa shape index (κ3) is 4.01. The lowest BCUT2D eigenvalue weighted by Crippen LogP contribution is -2.39. The molecule has 1 saturated heterocycles. The largest absolute Gasteiger partial charge is 0.478 e. The van der Waals surface area contributed by atoms with Gasteiger partial charge in [0, 0.05) is 26.2 Å². The van der Waals surface area contributed by atoms with Crippen molar-refractivity contribution in [1.29, 1.82) is 0 Å². The zero-order valence-corrected chi connectivity index (χ0v) is 17.1. The molecule has 0 atom stereocenters. The summed E-state index contributed by atoms with van der Waals surface area (Å²) in [6.45, 7) is 8.44. The van der Waals surface area contributed by atoms with Crippen molar-refractivity contribution in [2.45, 2.75) is 19.8 Å². The molecule has 0 saturated carbocycles. The molecule has 0 radical (unpaired) electrons. The molecule has 1 fully saturated rings. The summed E-state index contributed by atoms with van der Waals surface area (Å²) in [6, 6.07) is 6.86. The molecule has 2 N–H and O–H groups in total. The van der Waals surface area contributed by atoms with Crippen LogP contribution in [0.3, 0.4) is 0 Å². The molecule has 30 heavy (non-hydrogen) atoms. The molecular weight excluding hydrogens is 386 g/mol. The number of carbonyl (C=O) groups is 1. The summed E-state index contributed by atoms with van der Waals surface area (Å²) in [5.74, 6) is -0.687. The average molecular weight is 411 g/mol. The molecule has 8 nitrogen and oxygen atoms in total. The fraction of sp³-hybridized carbons (Fsp3) is 0.409. The number of nitrogens with one attached hydrogen (secondary N) is 1. The number of rotatable bonds is 6. The van der Waals surface area contributed by atoms with Crippen LogP contribution >= 0.6 is 0 Å². The summed E-state index contributed by atoms with van der Waals surface area (Å²) in [7, 11) is 0. The van der Waals surface area contributed by atoms with Gasteiger partial charge in [-0.15, -0.1) is 0 Å². The third-order valence-corrected chi connectivity index (χ3v) is 5.41. The van der Waals surface area contributed by atoms with E-state index in [-0.39, 0.29) is 33.8 Å². The van der Waals surface area contributed by atoms with Crippen molar-refractivity contribution in [2.24, 2.45) is 0 Å². The molecule has 0 amide bonds. The van der Waals surface area contributed by atoms with Gasteiger partial charge in [0.1, 0.15) is 17.0 Å². The number of aromatic carboxylic acids is 1. The van der Waals surface area contributed by atoms with Crippen molar-refractivity contribution < 1.29 is 19.1 Å². The minimum Gasteiger partial charge on any atom is -0.478 e. The van der Waals surface area contributed by atoms with Crippen LogP contribution in [0.1, 0.15) is 35.7 Å². The van der Waals surface area contributed by atoms with Crippen LogP contribution in [0.25, 0.3) is 22.1 Å². The number of morpholine rings is 1. The van der Waals surface area contributed by atoms with E-state index in [1.807, 2.05) is 19.9 Å². The van der Waals surface area contributed by atoms with E-state index in [9.17, 15) is 14.7 Å². The van der Waals surface area contributed by atoms with Crippen LogP contribution in [0.2, 0.25) is 0 Å². The summed E-state index contributed by atoms with van der Waals surface area (Å²) >= 11 is 0. The number of anilines is 1. The second-order valence-electron chi connectivity index (χ2n) is 7.76. The number of hydrogen-bond donors (Lipinski definition) is 2. The number of ether oxygens (including phenoxy) is 1. The maximum absolute atomic E-state index is 13.0. The fourth-order valence-corrected chi connectivity index (χ4v) is 3.61. The first kappa shape index (κ1) is 20.3. The summed E-state index contributed by atoms with van der Waals surface area (Å²) in [6.07, 6.45) is 0. The lowest BCUT2D eigenvalue weighted by molar-refractivity contribution is 0.0398. The highest BCUT2D eigenvalue weighted by atomic mass is 16.5. The van der Waals surface area contributed by atoms with Crippen molar-refractivity contribution in [3.05, 3.63) is 45.6 Å². The molecule has 8 heteroatoms. The summed E-state index contributed by atoms with van der Waals surface area (Å²) < 4.78 is 11.2. The quantitative estimate of drug-likeness (QED) is 0.597. The second kappa shape index (κ2) is 8.41. The summed E-state index contributed by atoms with van der Waals surface area (Å²) in [5.41, 5.74) is 1.26. The van der Waals surface area contributed by atoms with Gasteiger partial charge >= 0.3 is 5.97 Å². The van der Waals surface area contributed by atoms with Gasteiger partial charge < -0.3 is 19.6 Å². The number of pyridine rings is 1. The molecule has 1 aliphatic heterocycles. The molecule has 0 bridgehead atoms. The van der Waals surface area contributed by atoms with Gasteiger partial charge in [-0.25, -0.2) is 4.79 Å². The Labute approximate surface area is 173 Å². The predicted octanol–water partition coefficient (Wildman–Crippen LogP) is 2.91. The van der Waals surface area contributed by atoms with E-state index >= 15 is 0 Å². The van der Waals surface area contributed by atoms with E-state index in [0.29, 0.717) is 30.7 Å². The lowest BCUT2D eigenvalue weighted by Gasteiger charge is -2.26. The van der Waals surface area contributed by atoms with Gasteiger partial charge in [-0.2, -0.15) is 4.98 Å². The van der Waals surface area contributed by atoms with Gasteiger partial charge in [-0.3, -0.25) is 9.69 Å². The van der Waals surface area contributed by atoms with Crippen LogP contribution in [0, 0.1) is 0 Å². The highest BCUT2D eigenvalue weighted by Gasteiger charge is 2.18. The minimum atomic E-state index is -1.14. The number of carboxylic acid groups (broad SMARTS) is 1. The molecule has 1 aromatic carbocycles. The number of benzene rings is 1. The standard InChI is InChI=1S/C22H25N3O5/c1-13(2)14-3-4-18-15(11-14)19(26)16-12-17(22(27)28)20(24-21(16)30-18)23-5-6-25-7-9-29-10-8-25/h3-4,11-13H,5-10H2,1-2H3,(H,23,24)(H,27,28). The monoisotopic (exact) mass is 411 g/mol. The Morgan fingerprint density at radius 2 is 2.00 bits per heavy atom. The number of nitrogens with zero attached hydrogens (tertiary/aromatic N) is 2. The first-order valence-corrected chi connectivity index (χ1v) is 10.1. The Bertz CT molecular complexity index is 1150. The zero-order valence-electron chi connectivity index (χ0n) is 17.1. The third-order valence-electron chi connectivity index (χ3n) is 5.41. The van der Waals surface area contributed by atoms with Gasteiger partial charge in [0.15, 0.2) is 0 Å². The molecule has 1 aliphatic rings. The molecular formula is C22H25N3O5. The fourth-order valence-electron chi connectivity index (χ4n) is 3.61. The van der Waals surface area contributed by atoms with E-state index in [0.717, 1.165) is 25.2 Å². The first-order chi connectivity index (χ1) is 14.4. The van der Waals surface area contributed by atoms with Crippen LogP contribution in [0.15, 0.2) is 33.5 Å². The molecule has 4 rings (SSSR count). The summed E-state index contributed by atoms with van der Waals surface area (Å²) in [4.78, 5) is 31.4. The average Bonchev–Trinajstić information content (AvgIpc) is 2.74. The smallest absolute Gasteiger partial charge is 0.339 e. The highest BCUT2D eigenvalue weighted by molar-refractivity contribution is 5.99. The Morgan fingerprint density at radius 1 is 1.23 bits per heavy atom. The van der Waals surface area contributed by atoms with Crippen LogP contribution in [0.4, 0.5) is 5.82 Å². The Morgan fingerprint density at radius 3 is 2.70 bits per heavy atom. The molecule has 0 spiro atoms. The van der Waals surface area contributed by atoms with E-state index in [1.54, 1.807) is 12.1 Å². The first-order valence-electron chi connectivity index (χ1n) is 10.1. The van der Waals surface area contributed by atoms with Crippen LogP contribution in [-0.2, 0) is 4.74 Å². The normalized spacial score (nSPS) is 15.2. The van der Waals surface area contributed by atoms with Crippen molar-refractivity contribution in [3.63, 3.8) is 0 Å². The molecule has 2 aromatic heterocycles. The number of carboxylic acids is 1. The van der Waals surface area contributed by atoms with E-state index in [4.69, 9.17) is 9.15 Å². The van der Waals surface area contributed by atoms with Gasteiger partial charge in [0.25, 0.3) is 0 Å².